The minimum Gasteiger partial charge on any atom is -1.00 e. The van der Waals surface area contributed by atoms with E-state index in [4.69, 9.17) is 18.9 Å². The molecule has 2 saturated heterocycles. The summed E-state index contributed by atoms with van der Waals surface area (Å²) in [6, 6.07) is -2.42. The van der Waals surface area contributed by atoms with E-state index in [0.717, 1.165) is 0 Å². The molecule has 21 heteroatoms. The van der Waals surface area contributed by atoms with Crippen LogP contribution >= 0.6 is 0 Å². The predicted octanol–water partition coefficient (Wildman–Crippen LogP) is -29.6. The van der Waals surface area contributed by atoms with E-state index in [1.807, 2.05) is 0 Å². The van der Waals surface area contributed by atoms with Crippen molar-refractivity contribution in [2.45, 2.75) is 98.1 Å². The van der Waals surface area contributed by atoms with Crippen LogP contribution in [-0.2, 0) is 18.9 Å². The van der Waals surface area contributed by atoms with Crippen molar-refractivity contribution in [3.63, 3.8) is 0 Å². The fourth-order valence-corrected chi connectivity index (χ4v) is 4.77. The van der Waals surface area contributed by atoms with E-state index in [-0.39, 0.29) is 93.6 Å². The third-order valence-corrected chi connectivity index (χ3v) is 7.04. The summed E-state index contributed by atoms with van der Waals surface area (Å²) in [5.41, 5.74) is 23.3. The van der Waals surface area contributed by atoms with E-state index < -0.39 is 85.6 Å². The third-order valence-electron chi connectivity index (χ3n) is 7.04. The van der Waals surface area contributed by atoms with Crippen LogP contribution in [0.5, 0.6) is 0 Å². The van der Waals surface area contributed by atoms with Gasteiger partial charge in [-0.1, -0.05) is 0 Å². The molecule has 0 amide bonds. The van der Waals surface area contributed by atoms with Gasteiger partial charge in [-0.15, -0.1) is 0 Å². The molecular weight excluding hydrogens is 657 g/mol. The molecule has 2 heterocycles. The zero-order valence-electron chi connectivity index (χ0n) is 21.2. The largest absolute Gasteiger partial charge is 1.00 e. The highest BCUT2D eigenvalue weighted by molar-refractivity contribution is 4.97. The number of rotatable bonds is 6. The Hall–Kier alpha value is 1.14. The number of halogens is 6. The van der Waals surface area contributed by atoms with Crippen LogP contribution < -0.4 is 109 Å². The van der Waals surface area contributed by atoms with Gasteiger partial charge in [0.05, 0.1) is 6.42 Å². The number of aliphatic hydroxyl groups is 5. The molecule has 0 spiro atoms. The SMILES string of the molecule is [Cl-].[Cl-].[Cl-].[Cl-].[Cl-].[Cl-].[NH3+]C[C@H]1O[C@@H](O[C@@H]2[C@@H](O)[C@H]([NH3+])C[C@H]([NH3+])[C@H]2O[C@H]2O[C@H](C[NH3+])[C@@H](O)[C@H](O)[C@H]2[NH3+])[C@H](O)[C@@H]([NH3+])[C@@H]1O. The molecule has 0 unspecified atom stereocenters. The molecule has 0 aromatic rings. The van der Waals surface area contributed by atoms with Gasteiger partial charge in [-0.2, -0.15) is 0 Å². The Balaban J connectivity index is -0.00000102. The molecular formula is C18H44Cl6N6O9. The Bertz CT molecular complexity index is 660. The second kappa shape index (κ2) is 20.2. The van der Waals surface area contributed by atoms with Gasteiger partial charge >= 0.3 is 0 Å². The first-order chi connectivity index (χ1) is 15.5. The summed E-state index contributed by atoms with van der Waals surface area (Å²) in [6.45, 7) is 0.434. The number of aliphatic hydroxyl groups excluding tert-OH is 5. The Morgan fingerprint density at radius 2 is 1.00 bits per heavy atom. The Kier molecular flexibility index (Phi) is 24.3. The Morgan fingerprint density at radius 1 is 0.538 bits per heavy atom. The fourth-order valence-electron chi connectivity index (χ4n) is 4.77. The molecule has 2 aliphatic heterocycles. The minimum absolute atomic E-state index is 0. The van der Waals surface area contributed by atoms with Crippen LogP contribution in [0.25, 0.3) is 0 Å². The van der Waals surface area contributed by atoms with Gasteiger partial charge in [0.2, 0.25) is 6.29 Å². The first-order valence-corrected chi connectivity index (χ1v) is 11.4. The van der Waals surface area contributed by atoms with E-state index in [1.165, 1.54) is 0 Å². The normalized spacial score (nSPS) is 45.5. The smallest absolute Gasteiger partial charge is 0.214 e. The maximum atomic E-state index is 10.9. The maximum absolute atomic E-state index is 10.9. The van der Waals surface area contributed by atoms with E-state index in [1.54, 1.807) is 0 Å². The van der Waals surface area contributed by atoms with Crippen LogP contribution in [0.2, 0.25) is 0 Å². The molecule has 23 N–H and O–H groups in total. The van der Waals surface area contributed by atoms with Crippen LogP contribution in [-0.4, -0.2) is 130 Å². The number of ether oxygens (including phenoxy) is 4. The Labute approximate surface area is 263 Å². The number of hydrogen-bond acceptors (Lipinski definition) is 9. The van der Waals surface area contributed by atoms with Crippen LogP contribution in [0.1, 0.15) is 6.42 Å². The van der Waals surface area contributed by atoms with Crippen molar-refractivity contribution in [2.24, 2.45) is 0 Å². The highest BCUT2D eigenvalue weighted by Gasteiger charge is 2.55. The molecule has 0 aromatic carbocycles. The lowest BCUT2D eigenvalue weighted by Gasteiger charge is -2.45. The van der Waals surface area contributed by atoms with Crippen molar-refractivity contribution in [3.05, 3.63) is 0 Å². The first kappa shape index (κ1) is 47.1. The highest BCUT2D eigenvalue weighted by atomic mass is 35.5. The summed E-state index contributed by atoms with van der Waals surface area (Å²) >= 11 is 0. The standard InChI is InChI=1S/C18H38N6O9.6ClH/c19-2-6-11(26)8(23)14(29)18(31-6)33-16-10(25)4(21)1-5(22)15(16)32-17-9(24)13(28)12(27)7(3-20)30-17;;;;;;/h4-18,25-29H,1-3,19-24H2;6*1H/t4-,5+,6-,7-,8+,9-,10+,11-,12-,13-,14-,15-,16-,17-,18+;;;;;;/m1....../s1. The summed E-state index contributed by atoms with van der Waals surface area (Å²) in [7, 11) is 0. The van der Waals surface area contributed by atoms with E-state index in [2.05, 4.69) is 34.4 Å². The molecule has 1 aliphatic carbocycles. The van der Waals surface area contributed by atoms with E-state index in [0.29, 0.717) is 6.42 Å². The van der Waals surface area contributed by atoms with Gasteiger partial charge < -0.3 is 153 Å². The quantitative estimate of drug-likeness (QED) is 0.125. The van der Waals surface area contributed by atoms with Gasteiger partial charge in [-0.25, -0.2) is 0 Å². The zero-order valence-corrected chi connectivity index (χ0v) is 25.7. The lowest BCUT2D eigenvalue weighted by atomic mass is 9.84. The van der Waals surface area contributed by atoms with Crippen LogP contribution in [0.4, 0.5) is 0 Å². The van der Waals surface area contributed by atoms with Gasteiger partial charge in [0.1, 0.15) is 80.0 Å². The molecule has 0 radical (unpaired) electrons. The first-order valence-electron chi connectivity index (χ1n) is 11.4. The molecule has 15 nitrogen and oxygen atoms in total. The highest BCUT2D eigenvalue weighted by Crippen LogP contribution is 2.30. The number of hydrogen-bond donors (Lipinski definition) is 11. The van der Waals surface area contributed by atoms with Crippen molar-refractivity contribution < 1.29 is 153 Å². The molecule has 3 rings (SSSR count). The second-order valence-corrected chi connectivity index (χ2v) is 9.40. The van der Waals surface area contributed by atoms with Crippen molar-refractivity contribution >= 4 is 0 Å². The molecule has 0 aromatic heterocycles. The van der Waals surface area contributed by atoms with Crippen molar-refractivity contribution in [1.29, 1.82) is 0 Å². The average molecular weight is 701 g/mol. The topological polar surface area (TPSA) is 304 Å². The van der Waals surface area contributed by atoms with Gasteiger partial charge in [0.25, 0.3) is 0 Å². The molecule has 15 atom stereocenters. The molecule has 3 aliphatic rings. The monoisotopic (exact) mass is 698 g/mol. The molecule has 1 saturated carbocycles. The zero-order chi connectivity index (χ0) is 24.6. The molecule has 0 bridgehead atoms. The summed E-state index contributed by atoms with van der Waals surface area (Å²) in [4.78, 5) is 0. The summed E-state index contributed by atoms with van der Waals surface area (Å²) in [5, 5.41) is 52.3. The van der Waals surface area contributed by atoms with Gasteiger partial charge in [-0.05, 0) is 0 Å². The predicted molar refractivity (Wildman–Crippen MR) is 104 cm³/mol. The van der Waals surface area contributed by atoms with Crippen LogP contribution in [0.15, 0.2) is 0 Å². The van der Waals surface area contributed by atoms with Crippen LogP contribution in [0, 0.1) is 0 Å². The van der Waals surface area contributed by atoms with Crippen molar-refractivity contribution in [2.75, 3.05) is 13.1 Å². The lowest BCUT2D eigenvalue weighted by Crippen LogP contribution is -3.00. The average Bonchev–Trinajstić information content (AvgIpc) is 2.79. The Morgan fingerprint density at radius 3 is 1.51 bits per heavy atom. The van der Waals surface area contributed by atoms with Gasteiger partial charge in [-0.3, -0.25) is 0 Å². The van der Waals surface area contributed by atoms with Gasteiger partial charge in [0.15, 0.2) is 18.4 Å². The number of quaternary nitrogens is 6. The minimum atomic E-state index is -1.26. The van der Waals surface area contributed by atoms with Gasteiger partial charge in [0, 0.05) is 0 Å². The van der Waals surface area contributed by atoms with E-state index in [9.17, 15) is 25.5 Å². The van der Waals surface area contributed by atoms with Crippen molar-refractivity contribution in [1.82, 2.24) is 0 Å². The second-order valence-electron chi connectivity index (χ2n) is 9.40. The van der Waals surface area contributed by atoms with Crippen LogP contribution in [0.3, 0.4) is 0 Å². The molecule has 3 fully saturated rings. The van der Waals surface area contributed by atoms with E-state index >= 15 is 0 Å². The molecule has 242 valence electrons. The molecule has 39 heavy (non-hydrogen) atoms. The van der Waals surface area contributed by atoms with Crippen molar-refractivity contribution in [3.8, 4) is 0 Å². The maximum Gasteiger partial charge on any atom is 0.214 e. The summed E-state index contributed by atoms with van der Waals surface area (Å²) < 4.78 is 23.7. The fraction of sp³-hybridized carbons (Fsp3) is 1.00. The lowest BCUT2D eigenvalue weighted by molar-refractivity contribution is -0.540. The third kappa shape index (κ3) is 10.1. The summed E-state index contributed by atoms with van der Waals surface area (Å²) in [5.74, 6) is 0. The summed E-state index contributed by atoms with van der Waals surface area (Å²) in [6.07, 6.45) is -10.8.